The van der Waals surface area contributed by atoms with Crippen LogP contribution in [-0.2, 0) is 20.7 Å². The summed E-state index contributed by atoms with van der Waals surface area (Å²) in [6.07, 6.45) is 0.890. The molecular weight excluding hydrogens is 214 g/mol. The lowest BCUT2D eigenvalue weighted by atomic mass is 10.1. The average molecular weight is 228 g/mol. The Kier molecular flexibility index (Phi) is 3.84. The predicted molar refractivity (Wildman–Crippen MR) is 57.5 cm³/mol. The monoisotopic (exact) mass is 228 g/mol. The first-order valence-electron chi connectivity index (χ1n) is 4.56. The Hall–Kier alpha value is -0.910. The molecule has 1 radical (unpaired) electrons. The first kappa shape index (κ1) is 12.2. The van der Waals surface area contributed by atoms with Crippen LogP contribution in [0.4, 0.5) is 0 Å². The zero-order valence-corrected chi connectivity index (χ0v) is 9.54. The molecule has 0 bridgehead atoms. The molecule has 0 aliphatic carbocycles. The van der Waals surface area contributed by atoms with Crippen LogP contribution in [0.3, 0.4) is 0 Å². The molecule has 0 aliphatic heterocycles. The van der Waals surface area contributed by atoms with Crippen molar-refractivity contribution in [3.05, 3.63) is 35.4 Å². The number of hydrogen-bond donors (Lipinski definition) is 1. The minimum absolute atomic E-state index is 0.595. The second-order valence-corrected chi connectivity index (χ2v) is 4.82. The van der Waals surface area contributed by atoms with Crippen LogP contribution in [0.25, 0.3) is 0 Å². The fourth-order valence-electron chi connectivity index (χ4n) is 1.11. The van der Waals surface area contributed by atoms with E-state index in [4.69, 9.17) is 5.73 Å². The van der Waals surface area contributed by atoms with Gasteiger partial charge in [0.25, 0.3) is 10.1 Å². The summed E-state index contributed by atoms with van der Waals surface area (Å²) in [6.45, 7) is 2.01. The second-order valence-electron chi connectivity index (χ2n) is 3.22. The van der Waals surface area contributed by atoms with Crippen LogP contribution in [0, 0.1) is 6.07 Å². The van der Waals surface area contributed by atoms with Crippen molar-refractivity contribution in [3.8, 4) is 0 Å². The highest BCUT2D eigenvalue weighted by atomic mass is 32.2. The van der Waals surface area contributed by atoms with E-state index in [0.717, 1.165) is 18.2 Å². The molecule has 0 heterocycles. The van der Waals surface area contributed by atoms with Gasteiger partial charge in [-0.15, -0.1) is 0 Å². The molecule has 1 aromatic rings. The molecule has 1 rings (SSSR count). The van der Waals surface area contributed by atoms with Gasteiger partial charge in [-0.1, -0.05) is 19.1 Å². The minimum Gasteiger partial charge on any atom is -0.301 e. The highest BCUT2D eigenvalue weighted by Gasteiger charge is 2.12. The molecule has 1 aromatic carbocycles. The number of rotatable bonds is 4. The Bertz CT molecular complexity index is 411. The molecule has 4 nitrogen and oxygen atoms in total. The molecule has 15 heavy (non-hydrogen) atoms. The smallest absolute Gasteiger partial charge is 0.266 e. The topological polar surface area (TPSA) is 69.4 Å². The lowest BCUT2D eigenvalue weighted by Crippen LogP contribution is -2.18. The molecule has 0 saturated carbocycles. The van der Waals surface area contributed by atoms with Crippen molar-refractivity contribution in [3.63, 3.8) is 0 Å². The van der Waals surface area contributed by atoms with Gasteiger partial charge in [0.05, 0.1) is 6.26 Å². The summed E-state index contributed by atoms with van der Waals surface area (Å²) < 4.78 is 26.3. The van der Waals surface area contributed by atoms with Gasteiger partial charge in [0, 0.05) is 0 Å². The van der Waals surface area contributed by atoms with Gasteiger partial charge in [-0.25, -0.2) is 4.18 Å². The lowest BCUT2D eigenvalue weighted by molar-refractivity contribution is 0.224. The van der Waals surface area contributed by atoms with Crippen molar-refractivity contribution in [1.29, 1.82) is 0 Å². The standard InChI is InChI=1S/C10H14NO3S/c1-3-8-4-6-9(7-5-8)10(11)14-15(2,12)13/h4,6-7,10H,3,11H2,1-2H3. The van der Waals surface area contributed by atoms with Gasteiger partial charge in [-0.05, 0) is 29.7 Å². The first-order chi connectivity index (χ1) is 6.92. The van der Waals surface area contributed by atoms with E-state index in [1.807, 2.05) is 13.0 Å². The number of hydrogen-bond acceptors (Lipinski definition) is 4. The molecule has 83 valence electrons. The fourth-order valence-corrected chi connectivity index (χ4v) is 1.60. The van der Waals surface area contributed by atoms with Gasteiger partial charge in [0.2, 0.25) is 0 Å². The fraction of sp³-hybridized carbons (Fsp3) is 0.400. The Morgan fingerprint density at radius 3 is 2.60 bits per heavy atom. The lowest BCUT2D eigenvalue weighted by Gasteiger charge is -2.11. The molecule has 5 heteroatoms. The van der Waals surface area contributed by atoms with E-state index < -0.39 is 16.3 Å². The molecule has 0 saturated heterocycles. The Morgan fingerprint density at radius 2 is 2.20 bits per heavy atom. The number of aryl methyl sites for hydroxylation is 1. The summed E-state index contributed by atoms with van der Waals surface area (Å²) in [6, 6.07) is 8.24. The van der Waals surface area contributed by atoms with E-state index in [9.17, 15) is 8.42 Å². The van der Waals surface area contributed by atoms with Gasteiger partial charge < -0.3 is 5.73 Å². The van der Waals surface area contributed by atoms with Crippen molar-refractivity contribution in [2.45, 2.75) is 19.6 Å². The number of nitrogens with two attached hydrogens (primary N) is 1. The van der Waals surface area contributed by atoms with Crippen molar-refractivity contribution < 1.29 is 12.6 Å². The highest BCUT2D eigenvalue weighted by molar-refractivity contribution is 7.86. The van der Waals surface area contributed by atoms with Crippen LogP contribution in [0.15, 0.2) is 18.2 Å². The molecular formula is C10H14NO3S. The Labute approximate surface area is 90.2 Å². The quantitative estimate of drug-likeness (QED) is 0.616. The van der Waals surface area contributed by atoms with Crippen LogP contribution < -0.4 is 5.73 Å². The maximum absolute atomic E-state index is 10.8. The maximum Gasteiger partial charge on any atom is 0.266 e. The van der Waals surface area contributed by atoms with Gasteiger partial charge >= 0.3 is 0 Å². The van der Waals surface area contributed by atoms with Crippen molar-refractivity contribution in [2.24, 2.45) is 5.73 Å². The molecule has 0 fully saturated rings. The predicted octanol–water partition coefficient (Wildman–Crippen LogP) is 0.983. The Balaban J connectivity index is 2.78. The van der Waals surface area contributed by atoms with Crippen LogP contribution in [-0.4, -0.2) is 14.7 Å². The second kappa shape index (κ2) is 4.74. The third-order valence-corrected chi connectivity index (χ3v) is 2.45. The highest BCUT2D eigenvalue weighted by Crippen LogP contribution is 2.14. The van der Waals surface area contributed by atoms with Gasteiger partial charge in [0.1, 0.15) is 0 Å². The third-order valence-electron chi connectivity index (χ3n) is 1.89. The molecule has 1 atom stereocenters. The van der Waals surface area contributed by atoms with E-state index in [1.54, 1.807) is 12.1 Å². The normalized spacial score (nSPS) is 13.8. The third kappa shape index (κ3) is 3.99. The summed E-state index contributed by atoms with van der Waals surface area (Å²) >= 11 is 0. The van der Waals surface area contributed by atoms with Gasteiger partial charge in [-0.2, -0.15) is 8.42 Å². The van der Waals surface area contributed by atoms with Gasteiger partial charge in [-0.3, -0.25) is 0 Å². The average Bonchev–Trinajstić information content (AvgIpc) is 2.15. The van der Waals surface area contributed by atoms with Crippen LogP contribution in [0.5, 0.6) is 0 Å². The summed E-state index contributed by atoms with van der Waals surface area (Å²) in [5.41, 5.74) is 7.19. The first-order valence-corrected chi connectivity index (χ1v) is 6.38. The summed E-state index contributed by atoms with van der Waals surface area (Å²) in [7, 11) is -3.53. The number of benzene rings is 1. The van der Waals surface area contributed by atoms with Crippen molar-refractivity contribution in [1.82, 2.24) is 0 Å². The SMILES string of the molecule is CCc1[c]cc(C(N)OS(C)(=O)=O)cc1. The molecule has 1 unspecified atom stereocenters. The van der Waals surface area contributed by atoms with Gasteiger partial charge in [0.15, 0.2) is 6.23 Å². The van der Waals surface area contributed by atoms with E-state index in [0.29, 0.717) is 5.56 Å². The zero-order valence-electron chi connectivity index (χ0n) is 8.73. The van der Waals surface area contributed by atoms with Crippen LogP contribution in [0.1, 0.15) is 24.3 Å². The van der Waals surface area contributed by atoms with Crippen molar-refractivity contribution in [2.75, 3.05) is 6.26 Å². The molecule has 0 aromatic heterocycles. The van der Waals surface area contributed by atoms with Crippen LogP contribution in [0.2, 0.25) is 0 Å². The van der Waals surface area contributed by atoms with E-state index in [2.05, 4.69) is 10.2 Å². The molecule has 0 amide bonds. The Morgan fingerprint density at radius 1 is 1.53 bits per heavy atom. The summed E-state index contributed by atoms with van der Waals surface area (Å²) in [5.74, 6) is 0. The van der Waals surface area contributed by atoms with Crippen molar-refractivity contribution >= 4 is 10.1 Å². The largest absolute Gasteiger partial charge is 0.301 e. The molecule has 2 N–H and O–H groups in total. The minimum atomic E-state index is -3.53. The summed E-state index contributed by atoms with van der Waals surface area (Å²) in [4.78, 5) is 0. The molecule has 0 spiro atoms. The van der Waals surface area contributed by atoms with E-state index >= 15 is 0 Å². The van der Waals surface area contributed by atoms with Crippen LogP contribution >= 0.6 is 0 Å². The van der Waals surface area contributed by atoms with E-state index in [-0.39, 0.29) is 0 Å². The van der Waals surface area contributed by atoms with E-state index in [1.165, 1.54) is 0 Å². The molecule has 0 aliphatic rings. The summed E-state index contributed by atoms with van der Waals surface area (Å²) in [5, 5.41) is 0. The zero-order chi connectivity index (χ0) is 11.5. The maximum atomic E-state index is 10.8.